The molecule has 0 saturated heterocycles. The predicted molar refractivity (Wildman–Crippen MR) is 87.1 cm³/mol. The zero-order valence-electron chi connectivity index (χ0n) is 13.2. The van der Waals surface area contributed by atoms with Crippen molar-refractivity contribution in [3.05, 3.63) is 29.8 Å². The van der Waals surface area contributed by atoms with Gasteiger partial charge in [0.1, 0.15) is 5.75 Å². The van der Waals surface area contributed by atoms with E-state index >= 15 is 0 Å². The first kappa shape index (κ1) is 17.0. The lowest BCUT2D eigenvalue weighted by molar-refractivity contribution is 0.300. The van der Waals surface area contributed by atoms with Crippen molar-refractivity contribution in [3.8, 4) is 5.75 Å². The average Bonchev–Trinajstić information content (AvgIpc) is 2.46. The van der Waals surface area contributed by atoms with Crippen molar-refractivity contribution in [2.24, 2.45) is 5.73 Å². The quantitative estimate of drug-likeness (QED) is 0.562. The van der Waals surface area contributed by atoms with Gasteiger partial charge in [-0.1, -0.05) is 70.1 Å². The zero-order valence-corrected chi connectivity index (χ0v) is 13.2. The number of nitrogens with two attached hydrogens (primary N) is 1. The van der Waals surface area contributed by atoms with Crippen LogP contribution >= 0.6 is 0 Å². The van der Waals surface area contributed by atoms with Gasteiger partial charge in [-0.15, -0.1) is 0 Å². The Morgan fingerprint density at radius 1 is 0.950 bits per heavy atom. The van der Waals surface area contributed by atoms with Crippen LogP contribution in [0.25, 0.3) is 0 Å². The Balaban J connectivity index is 2.10. The van der Waals surface area contributed by atoms with Crippen molar-refractivity contribution >= 4 is 0 Å². The molecule has 0 fully saturated rings. The summed E-state index contributed by atoms with van der Waals surface area (Å²) in [5.74, 6) is 0.949. The molecule has 0 saturated carbocycles. The minimum absolute atomic E-state index is 0.0322. The van der Waals surface area contributed by atoms with Gasteiger partial charge in [-0.2, -0.15) is 0 Å². The fraction of sp³-hybridized carbons (Fsp3) is 0.667. The van der Waals surface area contributed by atoms with Gasteiger partial charge in [0, 0.05) is 11.6 Å². The molecular formula is C18H31NO. The van der Waals surface area contributed by atoms with Crippen LogP contribution in [0.3, 0.4) is 0 Å². The molecule has 0 aliphatic carbocycles. The highest BCUT2D eigenvalue weighted by molar-refractivity contribution is 5.35. The first-order chi connectivity index (χ1) is 9.75. The number of ether oxygens (including phenoxy) is 1. The van der Waals surface area contributed by atoms with Crippen molar-refractivity contribution in [1.29, 1.82) is 0 Å². The molecule has 0 aliphatic rings. The fourth-order valence-electron chi connectivity index (χ4n) is 2.41. The van der Waals surface area contributed by atoms with Crippen LogP contribution in [-0.4, -0.2) is 6.61 Å². The Bertz CT molecular complexity index is 349. The zero-order chi connectivity index (χ0) is 14.6. The van der Waals surface area contributed by atoms with Crippen molar-refractivity contribution < 1.29 is 4.74 Å². The number of benzene rings is 1. The first-order valence-electron chi connectivity index (χ1n) is 8.23. The Hall–Kier alpha value is -1.02. The maximum Gasteiger partial charge on any atom is 0.124 e. The number of para-hydroxylation sites is 1. The molecule has 114 valence electrons. The summed E-state index contributed by atoms with van der Waals surface area (Å²) in [4.78, 5) is 0. The second-order valence-electron chi connectivity index (χ2n) is 5.65. The second-order valence-corrected chi connectivity index (χ2v) is 5.65. The molecule has 1 aromatic carbocycles. The van der Waals surface area contributed by atoms with Crippen molar-refractivity contribution in [1.82, 2.24) is 0 Å². The summed E-state index contributed by atoms with van der Waals surface area (Å²) in [6.45, 7) is 5.06. The Labute approximate surface area is 124 Å². The van der Waals surface area contributed by atoms with Crippen molar-refractivity contribution in [3.63, 3.8) is 0 Å². The lowest BCUT2D eigenvalue weighted by atomic mass is 10.1. The molecule has 0 radical (unpaired) electrons. The number of hydrogen-bond donors (Lipinski definition) is 1. The molecule has 1 unspecified atom stereocenters. The molecule has 1 atom stereocenters. The van der Waals surface area contributed by atoms with E-state index in [4.69, 9.17) is 10.5 Å². The summed E-state index contributed by atoms with van der Waals surface area (Å²) >= 11 is 0. The predicted octanol–water partition coefficient (Wildman–Crippen LogP) is 5.23. The van der Waals surface area contributed by atoms with Crippen LogP contribution in [-0.2, 0) is 0 Å². The monoisotopic (exact) mass is 277 g/mol. The second kappa shape index (κ2) is 10.7. The summed E-state index contributed by atoms with van der Waals surface area (Å²) in [6, 6.07) is 8.12. The summed E-state index contributed by atoms with van der Waals surface area (Å²) in [6.07, 6.45) is 10.6. The van der Waals surface area contributed by atoms with E-state index in [-0.39, 0.29) is 6.04 Å². The molecule has 0 aromatic heterocycles. The third-order valence-electron chi connectivity index (χ3n) is 3.67. The normalized spacial score (nSPS) is 12.3. The van der Waals surface area contributed by atoms with E-state index in [1.54, 1.807) is 0 Å². The van der Waals surface area contributed by atoms with Crippen LogP contribution in [0.2, 0.25) is 0 Å². The van der Waals surface area contributed by atoms with Gasteiger partial charge in [-0.25, -0.2) is 0 Å². The summed E-state index contributed by atoms with van der Waals surface area (Å²) in [5.41, 5.74) is 7.05. The molecule has 0 spiro atoms. The molecule has 0 aliphatic heterocycles. The van der Waals surface area contributed by atoms with E-state index in [1.165, 1.54) is 44.9 Å². The van der Waals surface area contributed by atoms with Crippen molar-refractivity contribution in [2.45, 2.75) is 71.3 Å². The van der Waals surface area contributed by atoms with E-state index in [1.807, 2.05) is 31.2 Å². The van der Waals surface area contributed by atoms with Gasteiger partial charge in [0.05, 0.1) is 6.61 Å². The van der Waals surface area contributed by atoms with E-state index in [0.717, 1.165) is 24.3 Å². The van der Waals surface area contributed by atoms with Gasteiger partial charge >= 0.3 is 0 Å². The van der Waals surface area contributed by atoms with Crippen LogP contribution in [0.1, 0.15) is 76.8 Å². The Kier molecular flexibility index (Phi) is 9.14. The topological polar surface area (TPSA) is 35.2 Å². The molecule has 1 aromatic rings. The number of rotatable bonds is 11. The van der Waals surface area contributed by atoms with Crippen LogP contribution in [0.4, 0.5) is 0 Å². The molecule has 0 amide bonds. The fourth-order valence-corrected chi connectivity index (χ4v) is 2.41. The van der Waals surface area contributed by atoms with Gasteiger partial charge in [0.15, 0.2) is 0 Å². The average molecular weight is 277 g/mol. The third kappa shape index (κ3) is 6.95. The highest BCUT2D eigenvalue weighted by Crippen LogP contribution is 2.23. The van der Waals surface area contributed by atoms with Crippen LogP contribution in [0.15, 0.2) is 24.3 Å². The highest BCUT2D eigenvalue weighted by Gasteiger charge is 2.06. The standard InChI is InChI=1S/C18H31NO/c1-3-4-5-6-7-8-9-12-15-20-18-14-11-10-13-17(18)16(2)19/h10-11,13-14,16H,3-9,12,15,19H2,1-2H3. The summed E-state index contributed by atoms with van der Waals surface area (Å²) in [5, 5.41) is 0. The molecule has 0 heterocycles. The van der Waals surface area contributed by atoms with Crippen LogP contribution < -0.4 is 10.5 Å². The van der Waals surface area contributed by atoms with Gasteiger partial charge in [-0.3, -0.25) is 0 Å². The summed E-state index contributed by atoms with van der Waals surface area (Å²) in [7, 11) is 0. The largest absolute Gasteiger partial charge is 0.493 e. The Morgan fingerprint density at radius 2 is 1.55 bits per heavy atom. The lowest BCUT2D eigenvalue weighted by Crippen LogP contribution is -2.08. The number of unbranched alkanes of at least 4 members (excludes halogenated alkanes) is 7. The van der Waals surface area contributed by atoms with E-state index < -0.39 is 0 Å². The van der Waals surface area contributed by atoms with Gasteiger partial charge in [0.2, 0.25) is 0 Å². The van der Waals surface area contributed by atoms with E-state index in [9.17, 15) is 0 Å². The van der Waals surface area contributed by atoms with Gasteiger partial charge < -0.3 is 10.5 Å². The smallest absolute Gasteiger partial charge is 0.124 e. The first-order valence-corrected chi connectivity index (χ1v) is 8.23. The molecule has 20 heavy (non-hydrogen) atoms. The summed E-state index contributed by atoms with van der Waals surface area (Å²) < 4.78 is 5.86. The molecule has 2 nitrogen and oxygen atoms in total. The highest BCUT2D eigenvalue weighted by atomic mass is 16.5. The molecule has 2 heteroatoms. The maximum absolute atomic E-state index is 5.94. The Morgan fingerprint density at radius 3 is 2.20 bits per heavy atom. The van der Waals surface area contributed by atoms with E-state index in [2.05, 4.69) is 6.92 Å². The number of hydrogen-bond acceptors (Lipinski definition) is 2. The molecule has 0 bridgehead atoms. The maximum atomic E-state index is 5.94. The minimum Gasteiger partial charge on any atom is -0.493 e. The van der Waals surface area contributed by atoms with Gasteiger partial charge in [0.25, 0.3) is 0 Å². The van der Waals surface area contributed by atoms with Crippen LogP contribution in [0.5, 0.6) is 5.75 Å². The molecule has 2 N–H and O–H groups in total. The molecule has 1 rings (SSSR count). The third-order valence-corrected chi connectivity index (χ3v) is 3.67. The molecular weight excluding hydrogens is 246 g/mol. The SMILES string of the molecule is CCCCCCCCCCOc1ccccc1C(C)N. The van der Waals surface area contributed by atoms with Crippen molar-refractivity contribution in [2.75, 3.05) is 6.61 Å². The lowest BCUT2D eigenvalue weighted by Gasteiger charge is -2.13. The van der Waals surface area contributed by atoms with Gasteiger partial charge in [-0.05, 0) is 19.4 Å². The van der Waals surface area contributed by atoms with E-state index in [0.29, 0.717) is 0 Å². The van der Waals surface area contributed by atoms with Crippen LogP contribution in [0, 0.1) is 0 Å². The minimum atomic E-state index is 0.0322.